The predicted molar refractivity (Wildman–Crippen MR) is 55.2 cm³/mol. The van der Waals surface area contributed by atoms with E-state index in [1.165, 1.54) is 0 Å². The number of rotatable bonds is 7. The Balaban J connectivity index is 4.22. The average Bonchev–Trinajstić information content (AvgIpc) is 2.13. The van der Waals surface area contributed by atoms with Crippen LogP contribution in [-0.4, -0.2) is 13.2 Å². The van der Waals surface area contributed by atoms with E-state index in [0.29, 0.717) is 6.42 Å². The van der Waals surface area contributed by atoms with Gasteiger partial charge >= 0.3 is 0 Å². The lowest BCUT2D eigenvalue weighted by Crippen LogP contribution is -2.26. The molecule has 0 fully saturated rings. The number of unbranched alkanes of at least 4 members (excludes halogenated alkanes) is 2. The minimum Gasteiger partial charge on any atom is -0.305 e. The molecule has 2 atom stereocenters. The molecular weight excluding hydrogens is 207 g/mol. The van der Waals surface area contributed by atoms with Crippen molar-refractivity contribution in [1.82, 2.24) is 0 Å². The van der Waals surface area contributed by atoms with E-state index in [1.54, 1.807) is 0 Å². The van der Waals surface area contributed by atoms with Gasteiger partial charge in [-0.1, -0.05) is 33.1 Å². The van der Waals surface area contributed by atoms with Gasteiger partial charge in [-0.2, -0.15) is 0 Å². The second-order valence-corrected chi connectivity index (χ2v) is 5.61. The van der Waals surface area contributed by atoms with Gasteiger partial charge in [0.25, 0.3) is 0 Å². The van der Waals surface area contributed by atoms with Gasteiger partial charge in [0.2, 0.25) is 0 Å². The first kappa shape index (κ1) is 13.2. The summed E-state index contributed by atoms with van der Waals surface area (Å²) in [7, 11) is -0.269. The molecule has 0 aromatic rings. The van der Waals surface area contributed by atoms with E-state index in [4.69, 9.17) is 4.55 Å². The minimum atomic E-state index is -2.05. The normalized spacial score (nSPS) is 18.4. The van der Waals surface area contributed by atoms with Gasteiger partial charge in [-0.25, -0.2) is 4.21 Å². The van der Waals surface area contributed by atoms with Crippen molar-refractivity contribution in [2.45, 2.75) is 43.5 Å². The van der Waals surface area contributed by atoms with Crippen LogP contribution in [-0.2, 0) is 15.6 Å². The molecule has 0 amide bonds. The molecule has 0 aromatic heterocycles. The van der Waals surface area contributed by atoms with Crippen LogP contribution in [0.15, 0.2) is 0 Å². The highest BCUT2D eigenvalue weighted by Crippen LogP contribution is 2.35. The second-order valence-electron chi connectivity index (χ2n) is 2.99. The van der Waals surface area contributed by atoms with E-state index >= 15 is 0 Å². The minimum absolute atomic E-state index is 0.227. The molecular formula is C8H16O3PS. The zero-order chi connectivity index (χ0) is 10.3. The summed E-state index contributed by atoms with van der Waals surface area (Å²) in [6, 6.07) is 0. The fourth-order valence-electron chi connectivity index (χ4n) is 1.07. The van der Waals surface area contributed by atoms with Crippen molar-refractivity contribution in [2.24, 2.45) is 0 Å². The van der Waals surface area contributed by atoms with Crippen LogP contribution in [0.25, 0.3) is 0 Å². The lowest BCUT2D eigenvalue weighted by Gasteiger charge is -2.20. The van der Waals surface area contributed by atoms with Crippen molar-refractivity contribution in [3.63, 3.8) is 0 Å². The topological polar surface area (TPSA) is 54.4 Å². The first-order valence-electron chi connectivity index (χ1n) is 4.37. The van der Waals surface area contributed by atoms with Crippen molar-refractivity contribution in [3.05, 3.63) is 6.92 Å². The lowest BCUT2D eigenvalue weighted by atomic mass is 10.1. The fourth-order valence-corrected chi connectivity index (χ4v) is 2.16. The summed E-state index contributed by atoms with van der Waals surface area (Å²) < 4.78 is 29.7. The standard InChI is InChI=1S/C8H16O3PS/c1-3-5-6-7-8(4-2,12-9)13(10)11/h2-7H2,1H3,(H,10,11). The van der Waals surface area contributed by atoms with Crippen LogP contribution in [0.5, 0.6) is 0 Å². The molecule has 0 spiro atoms. The molecule has 0 aliphatic carbocycles. The molecule has 3 nitrogen and oxygen atoms in total. The van der Waals surface area contributed by atoms with Gasteiger partial charge in [-0.05, 0) is 12.8 Å². The molecule has 0 heterocycles. The Morgan fingerprint density at radius 3 is 2.46 bits per heavy atom. The molecule has 1 radical (unpaired) electrons. The zero-order valence-electron chi connectivity index (χ0n) is 7.86. The lowest BCUT2D eigenvalue weighted by molar-refractivity contribution is 0.504. The van der Waals surface area contributed by atoms with Crippen LogP contribution in [0, 0.1) is 6.92 Å². The largest absolute Gasteiger partial charge is 0.305 e. The Morgan fingerprint density at radius 2 is 2.15 bits per heavy atom. The van der Waals surface area contributed by atoms with Gasteiger partial charge in [-0.3, -0.25) is 4.57 Å². The molecule has 77 valence electrons. The van der Waals surface area contributed by atoms with Gasteiger partial charge in [0.15, 0.2) is 24.0 Å². The first-order valence-corrected chi connectivity index (χ1v) is 6.29. The molecule has 5 heteroatoms. The smallest absolute Gasteiger partial charge is 0.178 e. The SMILES string of the molecule is [CH2]CC(CCCCC)(P=O)S(=O)O. The molecule has 0 aromatic carbocycles. The second kappa shape index (κ2) is 6.63. The summed E-state index contributed by atoms with van der Waals surface area (Å²) in [5.41, 5.74) is 0. The third-order valence-corrected chi connectivity index (χ3v) is 4.58. The molecule has 0 aliphatic heterocycles. The summed E-state index contributed by atoms with van der Waals surface area (Å²) in [5, 5.41) is 0. The maximum Gasteiger partial charge on any atom is 0.178 e. The Bertz CT molecular complexity index is 186. The zero-order valence-corrected chi connectivity index (χ0v) is 9.57. The first-order chi connectivity index (χ1) is 6.13. The predicted octanol–water partition coefficient (Wildman–Crippen LogP) is 3.00. The third-order valence-electron chi connectivity index (χ3n) is 2.05. The van der Waals surface area contributed by atoms with Crippen molar-refractivity contribution in [2.75, 3.05) is 0 Å². The highest BCUT2D eigenvalue weighted by atomic mass is 32.2. The number of hydrogen-bond donors (Lipinski definition) is 1. The Labute approximate surface area is 83.8 Å². The highest BCUT2D eigenvalue weighted by molar-refractivity contribution is 7.86. The summed E-state index contributed by atoms with van der Waals surface area (Å²) in [6.07, 6.45) is 3.59. The van der Waals surface area contributed by atoms with Crippen LogP contribution >= 0.6 is 8.46 Å². The fraction of sp³-hybridized carbons (Fsp3) is 0.875. The van der Waals surface area contributed by atoms with Gasteiger partial charge in [0.05, 0.1) is 0 Å². The van der Waals surface area contributed by atoms with Gasteiger partial charge in [-0.15, -0.1) is 0 Å². The van der Waals surface area contributed by atoms with Crippen LogP contribution in [0.4, 0.5) is 0 Å². The monoisotopic (exact) mass is 223 g/mol. The van der Waals surface area contributed by atoms with Crippen LogP contribution in [0.2, 0.25) is 0 Å². The summed E-state index contributed by atoms with van der Waals surface area (Å²) in [6.45, 7) is 5.62. The van der Waals surface area contributed by atoms with Crippen molar-refractivity contribution < 1.29 is 13.3 Å². The maximum absolute atomic E-state index is 10.9. The highest BCUT2D eigenvalue weighted by Gasteiger charge is 2.35. The summed E-state index contributed by atoms with van der Waals surface area (Å²) in [5.74, 6) is 0. The quantitative estimate of drug-likeness (QED) is 0.410. The third kappa shape index (κ3) is 3.84. The van der Waals surface area contributed by atoms with Crippen LogP contribution in [0.1, 0.15) is 39.0 Å². The maximum atomic E-state index is 10.9. The van der Waals surface area contributed by atoms with E-state index in [1.807, 2.05) is 0 Å². The van der Waals surface area contributed by atoms with Crippen LogP contribution < -0.4 is 0 Å². The molecule has 0 aliphatic rings. The van der Waals surface area contributed by atoms with E-state index in [2.05, 4.69) is 13.8 Å². The number of hydrogen-bond acceptors (Lipinski definition) is 2. The molecule has 0 bridgehead atoms. The Kier molecular flexibility index (Phi) is 6.74. The van der Waals surface area contributed by atoms with Gasteiger partial charge < -0.3 is 4.55 Å². The molecule has 1 N–H and O–H groups in total. The van der Waals surface area contributed by atoms with Crippen molar-refractivity contribution in [1.29, 1.82) is 0 Å². The Hall–Kier alpha value is 0.210. The van der Waals surface area contributed by atoms with E-state index in [-0.39, 0.29) is 14.9 Å². The van der Waals surface area contributed by atoms with E-state index < -0.39 is 15.6 Å². The van der Waals surface area contributed by atoms with E-state index in [9.17, 15) is 8.77 Å². The molecule has 0 saturated carbocycles. The molecule has 0 saturated heterocycles. The molecule has 2 unspecified atom stereocenters. The van der Waals surface area contributed by atoms with Gasteiger partial charge in [0.1, 0.15) is 0 Å². The molecule has 13 heavy (non-hydrogen) atoms. The average molecular weight is 223 g/mol. The van der Waals surface area contributed by atoms with E-state index in [0.717, 1.165) is 19.3 Å². The van der Waals surface area contributed by atoms with Crippen molar-refractivity contribution >= 4 is 19.5 Å². The Morgan fingerprint density at radius 1 is 1.54 bits per heavy atom. The summed E-state index contributed by atoms with van der Waals surface area (Å²) >= 11 is -2.05. The van der Waals surface area contributed by atoms with Crippen molar-refractivity contribution in [3.8, 4) is 0 Å². The van der Waals surface area contributed by atoms with Crippen LogP contribution in [0.3, 0.4) is 0 Å². The molecule has 0 rings (SSSR count). The van der Waals surface area contributed by atoms with Gasteiger partial charge in [0, 0.05) is 0 Å². The summed E-state index contributed by atoms with van der Waals surface area (Å²) in [4.78, 5) is 0.